The maximum Gasteiger partial charge on any atom is 0.0708 e. The normalized spacial score (nSPS) is 35.3. The zero-order valence-corrected chi connectivity index (χ0v) is 11.5. The summed E-state index contributed by atoms with van der Waals surface area (Å²) in [5.74, 6) is 0. The largest absolute Gasteiger partial charge is 0.377 e. The first-order valence-electron chi connectivity index (χ1n) is 7.86. The molecule has 18 heavy (non-hydrogen) atoms. The van der Waals surface area contributed by atoms with E-state index in [-0.39, 0.29) is 5.60 Å². The molecule has 0 aromatic rings. The lowest BCUT2D eigenvalue weighted by Gasteiger charge is -2.25. The van der Waals surface area contributed by atoms with Gasteiger partial charge in [-0.05, 0) is 44.9 Å². The van der Waals surface area contributed by atoms with Gasteiger partial charge in [0, 0.05) is 19.7 Å². The summed E-state index contributed by atoms with van der Waals surface area (Å²) < 4.78 is 12.0. The Hall–Kier alpha value is -0.120. The minimum atomic E-state index is 0.285. The van der Waals surface area contributed by atoms with Gasteiger partial charge in [-0.2, -0.15) is 0 Å². The lowest BCUT2D eigenvalue weighted by molar-refractivity contribution is -0.0375. The number of ether oxygens (including phenoxy) is 2. The molecule has 0 bridgehead atoms. The molecule has 2 aliphatic heterocycles. The number of nitrogens with one attached hydrogen (secondary N) is 1. The molecule has 0 amide bonds. The van der Waals surface area contributed by atoms with E-state index in [9.17, 15) is 0 Å². The molecule has 1 N–H and O–H groups in total. The van der Waals surface area contributed by atoms with Crippen molar-refractivity contribution >= 4 is 0 Å². The molecule has 0 aromatic carbocycles. The highest BCUT2D eigenvalue weighted by atomic mass is 16.5. The summed E-state index contributed by atoms with van der Waals surface area (Å²) in [6.07, 6.45) is 12.6. The predicted molar refractivity (Wildman–Crippen MR) is 71.8 cm³/mol. The van der Waals surface area contributed by atoms with E-state index in [0.717, 1.165) is 19.7 Å². The second-order valence-electron chi connectivity index (χ2n) is 6.32. The summed E-state index contributed by atoms with van der Waals surface area (Å²) in [4.78, 5) is 0. The topological polar surface area (TPSA) is 30.5 Å². The van der Waals surface area contributed by atoms with E-state index in [2.05, 4.69) is 5.32 Å². The molecule has 0 radical (unpaired) electrons. The fourth-order valence-electron chi connectivity index (χ4n) is 3.80. The standard InChI is InChI=1S/C15H27NO2/c1-4-10-17-13(5-1)11-16-12-14-6-9-15(18-14)7-2-3-8-15/h13-14,16H,1-12H2. The van der Waals surface area contributed by atoms with Crippen LogP contribution < -0.4 is 5.32 Å². The Kier molecular flexibility index (Phi) is 4.22. The molecule has 1 saturated carbocycles. The average molecular weight is 253 g/mol. The molecule has 3 fully saturated rings. The highest BCUT2D eigenvalue weighted by Gasteiger charge is 2.41. The maximum absolute atomic E-state index is 6.30. The second-order valence-corrected chi connectivity index (χ2v) is 6.32. The van der Waals surface area contributed by atoms with E-state index >= 15 is 0 Å². The Balaban J connectivity index is 1.34. The first-order valence-corrected chi connectivity index (χ1v) is 7.86. The van der Waals surface area contributed by atoms with Gasteiger partial charge < -0.3 is 14.8 Å². The lowest BCUT2D eigenvalue weighted by Crippen LogP contribution is -2.37. The number of hydrogen-bond donors (Lipinski definition) is 1. The molecule has 3 aliphatic rings. The van der Waals surface area contributed by atoms with Crippen molar-refractivity contribution in [2.45, 2.75) is 75.6 Å². The van der Waals surface area contributed by atoms with Crippen LogP contribution in [0, 0.1) is 0 Å². The third-order valence-electron chi connectivity index (χ3n) is 4.87. The first kappa shape index (κ1) is 12.9. The maximum atomic E-state index is 6.30. The molecule has 1 aliphatic carbocycles. The Labute approximate surface area is 111 Å². The van der Waals surface area contributed by atoms with E-state index in [1.54, 1.807) is 0 Å². The second kappa shape index (κ2) is 5.89. The summed E-state index contributed by atoms with van der Waals surface area (Å²) >= 11 is 0. The van der Waals surface area contributed by atoms with Crippen molar-refractivity contribution in [1.82, 2.24) is 5.32 Å². The van der Waals surface area contributed by atoms with Crippen LogP contribution in [0.2, 0.25) is 0 Å². The highest BCUT2D eigenvalue weighted by molar-refractivity contribution is 4.93. The minimum Gasteiger partial charge on any atom is -0.377 e. The van der Waals surface area contributed by atoms with Gasteiger partial charge in [0.2, 0.25) is 0 Å². The van der Waals surface area contributed by atoms with Crippen molar-refractivity contribution in [3.8, 4) is 0 Å². The number of rotatable bonds is 4. The van der Waals surface area contributed by atoms with Crippen molar-refractivity contribution in [1.29, 1.82) is 0 Å². The zero-order chi connectivity index (χ0) is 12.3. The third kappa shape index (κ3) is 3.06. The Morgan fingerprint density at radius 3 is 2.50 bits per heavy atom. The molecule has 2 heterocycles. The SMILES string of the molecule is C1CCC(CNCC2CCC3(CCCC3)O2)OC1. The molecule has 3 heteroatoms. The monoisotopic (exact) mass is 253 g/mol. The van der Waals surface area contributed by atoms with E-state index < -0.39 is 0 Å². The van der Waals surface area contributed by atoms with Crippen molar-refractivity contribution in [2.75, 3.05) is 19.7 Å². The van der Waals surface area contributed by atoms with Gasteiger partial charge in [-0.15, -0.1) is 0 Å². The van der Waals surface area contributed by atoms with Gasteiger partial charge in [-0.1, -0.05) is 12.8 Å². The van der Waals surface area contributed by atoms with Crippen molar-refractivity contribution in [3.05, 3.63) is 0 Å². The predicted octanol–water partition coefficient (Wildman–Crippen LogP) is 2.64. The van der Waals surface area contributed by atoms with E-state index in [1.165, 1.54) is 57.8 Å². The summed E-state index contributed by atoms with van der Waals surface area (Å²) in [6, 6.07) is 0. The quantitative estimate of drug-likeness (QED) is 0.835. The molecule has 2 atom stereocenters. The first-order chi connectivity index (χ1) is 8.86. The van der Waals surface area contributed by atoms with Crippen LogP contribution in [0.3, 0.4) is 0 Å². The Morgan fingerprint density at radius 1 is 0.889 bits per heavy atom. The average Bonchev–Trinajstić information content (AvgIpc) is 3.02. The molecule has 2 saturated heterocycles. The molecule has 3 nitrogen and oxygen atoms in total. The van der Waals surface area contributed by atoms with Gasteiger partial charge >= 0.3 is 0 Å². The Morgan fingerprint density at radius 2 is 1.72 bits per heavy atom. The van der Waals surface area contributed by atoms with E-state index in [0.29, 0.717) is 12.2 Å². The van der Waals surface area contributed by atoms with Gasteiger partial charge in [0.25, 0.3) is 0 Å². The molecule has 3 rings (SSSR count). The smallest absolute Gasteiger partial charge is 0.0708 e. The van der Waals surface area contributed by atoms with Crippen molar-refractivity contribution < 1.29 is 9.47 Å². The highest BCUT2D eigenvalue weighted by Crippen LogP contribution is 2.43. The van der Waals surface area contributed by atoms with Gasteiger partial charge in [-0.3, -0.25) is 0 Å². The summed E-state index contributed by atoms with van der Waals surface area (Å²) in [7, 11) is 0. The van der Waals surface area contributed by atoms with Crippen LogP contribution in [-0.4, -0.2) is 37.5 Å². The van der Waals surface area contributed by atoms with Crippen LogP contribution in [0.1, 0.15) is 57.8 Å². The van der Waals surface area contributed by atoms with Gasteiger partial charge in [-0.25, -0.2) is 0 Å². The molecule has 2 unspecified atom stereocenters. The molecular weight excluding hydrogens is 226 g/mol. The lowest BCUT2D eigenvalue weighted by atomic mass is 9.98. The summed E-state index contributed by atoms with van der Waals surface area (Å²) in [5.41, 5.74) is 0.285. The molecule has 1 spiro atoms. The van der Waals surface area contributed by atoms with E-state index in [1.807, 2.05) is 0 Å². The van der Waals surface area contributed by atoms with Crippen molar-refractivity contribution in [2.24, 2.45) is 0 Å². The van der Waals surface area contributed by atoms with Gasteiger partial charge in [0.05, 0.1) is 17.8 Å². The number of hydrogen-bond acceptors (Lipinski definition) is 3. The fraction of sp³-hybridized carbons (Fsp3) is 1.00. The molecule has 104 valence electrons. The van der Waals surface area contributed by atoms with Crippen LogP contribution >= 0.6 is 0 Å². The Bertz CT molecular complexity index is 257. The summed E-state index contributed by atoms with van der Waals surface area (Å²) in [5, 5.41) is 3.55. The van der Waals surface area contributed by atoms with Crippen LogP contribution in [0.5, 0.6) is 0 Å². The van der Waals surface area contributed by atoms with Crippen LogP contribution in [0.15, 0.2) is 0 Å². The van der Waals surface area contributed by atoms with Crippen LogP contribution in [0.4, 0.5) is 0 Å². The van der Waals surface area contributed by atoms with Gasteiger partial charge in [0.1, 0.15) is 0 Å². The minimum absolute atomic E-state index is 0.285. The van der Waals surface area contributed by atoms with Crippen LogP contribution in [0.25, 0.3) is 0 Å². The summed E-state index contributed by atoms with van der Waals surface area (Å²) in [6.45, 7) is 2.98. The zero-order valence-electron chi connectivity index (χ0n) is 11.5. The van der Waals surface area contributed by atoms with Gasteiger partial charge in [0.15, 0.2) is 0 Å². The van der Waals surface area contributed by atoms with E-state index in [4.69, 9.17) is 9.47 Å². The fourth-order valence-corrected chi connectivity index (χ4v) is 3.80. The molecule has 0 aromatic heterocycles. The molecular formula is C15H27NO2. The third-order valence-corrected chi connectivity index (χ3v) is 4.87. The van der Waals surface area contributed by atoms with Crippen molar-refractivity contribution in [3.63, 3.8) is 0 Å². The van der Waals surface area contributed by atoms with Crippen LogP contribution in [-0.2, 0) is 9.47 Å².